The largest absolute Gasteiger partial charge is 0.381 e. The summed E-state index contributed by atoms with van der Waals surface area (Å²) < 4.78 is 5.47. The second-order valence-electron chi connectivity index (χ2n) is 7.32. The number of ether oxygens (including phenoxy) is 1. The Labute approximate surface area is 132 Å². The van der Waals surface area contributed by atoms with Crippen molar-refractivity contribution in [1.82, 2.24) is 4.90 Å². The summed E-state index contributed by atoms with van der Waals surface area (Å²) in [6.07, 6.45) is 9.01. The SMILES string of the molecule is NC(=O)C1N(C(=O)CC2CCCC2)CCCC12CCOCC2. The molecule has 3 aliphatic rings. The molecule has 5 nitrogen and oxygen atoms in total. The Kier molecular flexibility index (Phi) is 4.71. The van der Waals surface area contributed by atoms with E-state index in [-0.39, 0.29) is 17.2 Å². The van der Waals surface area contributed by atoms with E-state index in [4.69, 9.17) is 10.5 Å². The molecule has 0 radical (unpaired) electrons. The molecule has 1 unspecified atom stereocenters. The van der Waals surface area contributed by atoms with E-state index in [1.165, 1.54) is 12.8 Å². The van der Waals surface area contributed by atoms with Gasteiger partial charge in [0.05, 0.1) is 0 Å². The molecule has 1 aliphatic carbocycles. The first-order chi connectivity index (χ1) is 10.6. The molecule has 0 aromatic carbocycles. The number of amides is 2. The molecular formula is C17H28N2O3. The standard InChI is InChI=1S/C17H28N2O3/c18-16(21)15-17(7-10-22-11-8-17)6-3-9-19(15)14(20)12-13-4-1-2-5-13/h13,15H,1-12H2,(H2,18,21). The lowest BCUT2D eigenvalue weighted by Gasteiger charge is -2.50. The van der Waals surface area contributed by atoms with Crippen LogP contribution in [0.15, 0.2) is 0 Å². The molecule has 5 heteroatoms. The van der Waals surface area contributed by atoms with Crippen LogP contribution in [0, 0.1) is 11.3 Å². The van der Waals surface area contributed by atoms with Crippen molar-refractivity contribution in [3.63, 3.8) is 0 Å². The van der Waals surface area contributed by atoms with Crippen LogP contribution in [-0.4, -0.2) is 42.5 Å². The number of likely N-dealkylation sites (tertiary alicyclic amines) is 1. The minimum Gasteiger partial charge on any atom is -0.381 e. The van der Waals surface area contributed by atoms with Gasteiger partial charge in [0.1, 0.15) is 6.04 Å². The van der Waals surface area contributed by atoms with Crippen LogP contribution in [0.5, 0.6) is 0 Å². The number of hydrogen-bond donors (Lipinski definition) is 1. The molecular weight excluding hydrogens is 280 g/mol. The van der Waals surface area contributed by atoms with Crippen LogP contribution in [0.3, 0.4) is 0 Å². The van der Waals surface area contributed by atoms with Crippen LogP contribution in [-0.2, 0) is 14.3 Å². The number of piperidine rings is 1. The van der Waals surface area contributed by atoms with Gasteiger partial charge in [0.15, 0.2) is 0 Å². The highest BCUT2D eigenvalue weighted by atomic mass is 16.5. The Morgan fingerprint density at radius 2 is 1.77 bits per heavy atom. The van der Waals surface area contributed by atoms with Gasteiger partial charge >= 0.3 is 0 Å². The molecule has 0 aromatic rings. The quantitative estimate of drug-likeness (QED) is 0.864. The maximum atomic E-state index is 12.8. The number of carbonyl (C=O) groups excluding carboxylic acids is 2. The molecule has 1 spiro atoms. The Morgan fingerprint density at radius 3 is 2.41 bits per heavy atom. The predicted octanol–water partition coefficient (Wildman–Crippen LogP) is 1.84. The van der Waals surface area contributed by atoms with Crippen molar-refractivity contribution in [2.75, 3.05) is 19.8 Å². The first-order valence-electron chi connectivity index (χ1n) is 8.79. The van der Waals surface area contributed by atoms with E-state index in [1.54, 1.807) is 0 Å². The Hall–Kier alpha value is -1.10. The average Bonchev–Trinajstić information content (AvgIpc) is 3.00. The van der Waals surface area contributed by atoms with Gasteiger partial charge in [-0.25, -0.2) is 0 Å². The summed E-state index contributed by atoms with van der Waals surface area (Å²) in [5, 5.41) is 0. The summed E-state index contributed by atoms with van der Waals surface area (Å²) in [7, 11) is 0. The lowest BCUT2D eigenvalue weighted by atomic mass is 9.67. The number of rotatable bonds is 3. The number of nitrogens with two attached hydrogens (primary N) is 1. The predicted molar refractivity (Wildman–Crippen MR) is 83.0 cm³/mol. The normalized spacial score (nSPS) is 28.9. The Balaban J connectivity index is 1.75. The second-order valence-corrected chi connectivity index (χ2v) is 7.32. The van der Waals surface area contributed by atoms with Crippen LogP contribution < -0.4 is 5.73 Å². The number of nitrogens with zero attached hydrogens (tertiary/aromatic N) is 1. The Bertz CT molecular complexity index is 420. The molecule has 2 amide bonds. The van der Waals surface area contributed by atoms with E-state index in [2.05, 4.69) is 0 Å². The molecule has 0 aromatic heterocycles. The van der Waals surface area contributed by atoms with Crippen LogP contribution in [0.1, 0.15) is 57.8 Å². The third-order valence-corrected chi connectivity index (χ3v) is 5.98. The molecule has 3 fully saturated rings. The maximum absolute atomic E-state index is 12.8. The van der Waals surface area contributed by atoms with E-state index < -0.39 is 6.04 Å². The first kappa shape index (κ1) is 15.8. The van der Waals surface area contributed by atoms with Crippen molar-refractivity contribution in [1.29, 1.82) is 0 Å². The van der Waals surface area contributed by atoms with Gasteiger partial charge in [-0.05, 0) is 44.4 Å². The monoisotopic (exact) mass is 308 g/mol. The van der Waals surface area contributed by atoms with E-state index in [0.29, 0.717) is 32.1 Å². The van der Waals surface area contributed by atoms with Gasteiger partial charge in [-0.3, -0.25) is 9.59 Å². The van der Waals surface area contributed by atoms with Crippen LogP contribution in [0.25, 0.3) is 0 Å². The van der Waals surface area contributed by atoms with E-state index in [0.717, 1.165) is 38.5 Å². The Morgan fingerprint density at radius 1 is 1.09 bits per heavy atom. The molecule has 2 aliphatic heterocycles. The van der Waals surface area contributed by atoms with Crippen molar-refractivity contribution in [2.45, 2.75) is 63.8 Å². The topological polar surface area (TPSA) is 72.6 Å². The van der Waals surface area contributed by atoms with Gasteiger partial charge in [0.2, 0.25) is 11.8 Å². The molecule has 3 rings (SSSR count). The van der Waals surface area contributed by atoms with Crippen LogP contribution in [0.4, 0.5) is 0 Å². The van der Waals surface area contributed by atoms with E-state index in [1.807, 2.05) is 4.90 Å². The summed E-state index contributed by atoms with van der Waals surface area (Å²) in [5.41, 5.74) is 5.59. The lowest BCUT2D eigenvalue weighted by molar-refractivity contribution is -0.154. The van der Waals surface area contributed by atoms with Crippen LogP contribution >= 0.6 is 0 Å². The highest BCUT2D eigenvalue weighted by Crippen LogP contribution is 2.44. The fraction of sp³-hybridized carbons (Fsp3) is 0.882. The van der Waals surface area contributed by atoms with Crippen molar-refractivity contribution >= 4 is 11.8 Å². The number of carbonyl (C=O) groups is 2. The van der Waals surface area contributed by atoms with E-state index >= 15 is 0 Å². The molecule has 2 N–H and O–H groups in total. The molecule has 0 bridgehead atoms. The third-order valence-electron chi connectivity index (χ3n) is 5.98. The summed E-state index contributed by atoms with van der Waals surface area (Å²) >= 11 is 0. The van der Waals surface area contributed by atoms with Crippen molar-refractivity contribution in [2.24, 2.45) is 17.1 Å². The number of hydrogen-bond acceptors (Lipinski definition) is 3. The summed E-state index contributed by atoms with van der Waals surface area (Å²) in [5.74, 6) is 0.316. The van der Waals surface area contributed by atoms with E-state index in [9.17, 15) is 9.59 Å². The smallest absolute Gasteiger partial charge is 0.240 e. The third kappa shape index (κ3) is 3.00. The van der Waals surface area contributed by atoms with Crippen molar-refractivity contribution in [3.05, 3.63) is 0 Å². The fourth-order valence-electron chi connectivity index (χ4n) is 4.80. The summed E-state index contributed by atoms with van der Waals surface area (Å²) in [6.45, 7) is 2.03. The zero-order valence-electron chi connectivity index (χ0n) is 13.4. The minimum absolute atomic E-state index is 0.140. The van der Waals surface area contributed by atoms with Gasteiger partial charge < -0.3 is 15.4 Å². The molecule has 2 saturated heterocycles. The average molecular weight is 308 g/mol. The highest BCUT2D eigenvalue weighted by Gasteiger charge is 2.49. The van der Waals surface area contributed by atoms with Gasteiger partial charge in [-0.1, -0.05) is 12.8 Å². The fourth-order valence-corrected chi connectivity index (χ4v) is 4.80. The molecule has 2 heterocycles. The highest BCUT2D eigenvalue weighted by molar-refractivity contribution is 5.87. The zero-order chi connectivity index (χ0) is 15.6. The zero-order valence-corrected chi connectivity index (χ0v) is 13.4. The molecule has 1 atom stereocenters. The molecule has 1 saturated carbocycles. The number of primary amides is 1. The van der Waals surface area contributed by atoms with Gasteiger partial charge in [-0.15, -0.1) is 0 Å². The molecule has 124 valence electrons. The van der Waals surface area contributed by atoms with Gasteiger partial charge in [-0.2, -0.15) is 0 Å². The first-order valence-corrected chi connectivity index (χ1v) is 8.79. The second kappa shape index (κ2) is 6.57. The van der Waals surface area contributed by atoms with Gasteiger partial charge in [0, 0.05) is 31.6 Å². The molecule has 22 heavy (non-hydrogen) atoms. The minimum atomic E-state index is -0.431. The van der Waals surface area contributed by atoms with Crippen molar-refractivity contribution in [3.8, 4) is 0 Å². The lowest BCUT2D eigenvalue weighted by Crippen LogP contribution is -2.61. The maximum Gasteiger partial charge on any atom is 0.240 e. The summed E-state index contributed by atoms with van der Waals surface area (Å²) in [6, 6.07) is -0.431. The van der Waals surface area contributed by atoms with Crippen LogP contribution in [0.2, 0.25) is 0 Å². The summed E-state index contributed by atoms with van der Waals surface area (Å²) in [4.78, 5) is 26.8. The van der Waals surface area contributed by atoms with Crippen molar-refractivity contribution < 1.29 is 14.3 Å². The van der Waals surface area contributed by atoms with Gasteiger partial charge in [0.25, 0.3) is 0 Å².